The minimum Gasteiger partial charge on any atom is -0.497 e. The predicted molar refractivity (Wildman–Crippen MR) is 82.7 cm³/mol. The first kappa shape index (κ1) is 13.9. The maximum absolute atomic E-state index is 12.4. The molecule has 0 aliphatic heterocycles. The summed E-state index contributed by atoms with van der Waals surface area (Å²) in [5.41, 5.74) is 1.34. The number of carbonyl (C=O) groups excluding carboxylic acids is 1. The highest BCUT2D eigenvalue weighted by atomic mass is 16.5. The highest BCUT2D eigenvalue weighted by Crippen LogP contribution is 2.23. The van der Waals surface area contributed by atoms with Crippen molar-refractivity contribution in [3.63, 3.8) is 0 Å². The quantitative estimate of drug-likeness (QED) is 0.804. The maximum atomic E-state index is 12.4. The highest BCUT2D eigenvalue weighted by Gasteiger charge is 2.12. The summed E-state index contributed by atoms with van der Waals surface area (Å²) in [6.07, 6.45) is 3.53. The molecule has 6 heteroatoms. The number of aromatic nitrogens is 2. The van der Waals surface area contributed by atoms with E-state index in [1.807, 2.05) is 24.4 Å². The van der Waals surface area contributed by atoms with Crippen LogP contribution < -0.4 is 14.8 Å². The number of anilines is 1. The molecule has 0 radical (unpaired) electrons. The molecule has 3 aromatic rings. The van der Waals surface area contributed by atoms with Gasteiger partial charge in [0.15, 0.2) is 0 Å². The molecule has 2 aromatic heterocycles. The fraction of sp³-hybridized carbons (Fsp3) is 0.125. The van der Waals surface area contributed by atoms with Gasteiger partial charge < -0.3 is 9.47 Å². The molecule has 2 heterocycles. The van der Waals surface area contributed by atoms with E-state index >= 15 is 0 Å². The maximum Gasteiger partial charge on any atom is 0.258 e. The number of nitrogens with zero attached hydrogens (tertiary/aromatic N) is 2. The van der Waals surface area contributed by atoms with Gasteiger partial charge >= 0.3 is 0 Å². The lowest BCUT2D eigenvalue weighted by atomic mass is 10.2. The SMILES string of the molecule is COc1cc(OC)cc(C(=O)Nc2ncc3ccccn23)c1. The van der Waals surface area contributed by atoms with E-state index in [0.717, 1.165) is 5.52 Å². The summed E-state index contributed by atoms with van der Waals surface area (Å²) in [6.45, 7) is 0. The fourth-order valence-electron chi connectivity index (χ4n) is 2.15. The largest absolute Gasteiger partial charge is 0.497 e. The van der Waals surface area contributed by atoms with Gasteiger partial charge in [0.25, 0.3) is 5.91 Å². The zero-order valence-electron chi connectivity index (χ0n) is 12.2. The second-order valence-corrected chi connectivity index (χ2v) is 4.63. The van der Waals surface area contributed by atoms with Crippen molar-refractivity contribution in [3.05, 3.63) is 54.4 Å². The van der Waals surface area contributed by atoms with Gasteiger partial charge in [-0.25, -0.2) is 4.98 Å². The van der Waals surface area contributed by atoms with E-state index < -0.39 is 0 Å². The standard InChI is InChI=1S/C16H15N3O3/c1-21-13-7-11(8-14(9-13)22-2)15(20)18-16-17-10-12-5-3-4-6-19(12)16/h3-10H,1-2H3,(H,17,18,20). The Labute approximate surface area is 127 Å². The molecule has 1 N–H and O–H groups in total. The number of methoxy groups -OCH3 is 2. The molecule has 0 bridgehead atoms. The van der Waals surface area contributed by atoms with Crippen LogP contribution in [0.5, 0.6) is 11.5 Å². The molecule has 0 aliphatic carbocycles. The van der Waals surface area contributed by atoms with Crippen LogP contribution in [-0.4, -0.2) is 29.5 Å². The van der Waals surface area contributed by atoms with Crippen molar-refractivity contribution in [3.8, 4) is 11.5 Å². The van der Waals surface area contributed by atoms with E-state index in [2.05, 4.69) is 10.3 Å². The average Bonchev–Trinajstić information content (AvgIpc) is 2.97. The molecule has 22 heavy (non-hydrogen) atoms. The van der Waals surface area contributed by atoms with Crippen LogP contribution in [0.3, 0.4) is 0 Å². The van der Waals surface area contributed by atoms with Gasteiger partial charge in [-0.15, -0.1) is 0 Å². The Morgan fingerprint density at radius 1 is 1.14 bits per heavy atom. The molecule has 0 spiro atoms. The van der Waals surface area contributed by atoms with E-state index in [1.165, 1.54) is 0 Å². The van der Waals surface area contributed by atoms with Gasteiger partial charge in [-0.1, -0.05) is 6.07 Å². The van der Waals surface area contributed by atoms with Crippen molar-refractivity contribution >= 4 is 17.4 Å². The van der Waals surface area contributed by atoms with Gasteiger partial charge in [0.05, 0.1) is 25.9 Å². The first-order valence-corrected chi connectivity index (χ1v) is 6.68. The molecule has 0 unspecified atom stereocenters. The molecule has 1 aromatic carbocycles. The zero-order chi connectivity index (χ0) is 15.5. The molecular formula is C16H15N3O3. The van der Waals surface area contributed by atoms with Gasteiger partial charge in [-0.3, -0.25) is 14.5 Å². The number of rotatable bonds is 4. The molecule has 6 nitrogen and oxygen atoms in total. The van der Waals surface area contributed by atoms with Gasteiger partial charge in [0.1, 0.15) is 11.5 Å². The summed E-state index contributed by atoms with van der Waals surface area (Å²) < 4.78 is 12.1. The third-order valence-corrected chi connectivity index (χ3v) is 3.28. The molecule has 3 rings (SSSR count). The Hall–Kier alpha value is -3.02. The minimum atomic E-state index is -0.284. The van der Waals surface area contributed by atoms with E-state index in [1.54, 1.807) is 43.0 Å². The molecule has 0 aliphatic rings. The zero-order valence-corrected chi connectivity index (χ0v) is 12.2. The monoisotopic (exact) mass is 297 g/mol. The van der Waals surface area contributed by atoms with Crippen LogP contribution in [0.25, 0.3) is 5.52 Å². The van der Waals surface area contributed by atoms with Gasteiger partial charge in [0.2, 0.25) is 5.95 Å². The van der Waals surface area contributed by atoms with Crippen LogP contribution in [0, 0.1) is 0 Å². The van der Waals surface area contributed by atoms with Crippen molar-refractivity contribution in [2.45, 2.75) is 0 Å². The van der Waals surface area contributed by atoms with Crippen molar-refractivity contribution < 1.29 is 14.3 Å². The Balaban J connectivity index is 1.91. The van der Waals surface area contributed by atoms with E-state index in [0.29, 0.717) is 23.0 Å². The summed E-state index contributed by atoms with van der Waals surface area (Å²) >= 11 is 0. The summed E-state index contributed by atoms with van der Waals surface area (Å²) in [5.74, 6) is 1.28. The topological polar surface area (TPSA) is 64.9 Å². The van der Waals surface area contributed by atoms with Crippen LogP contribution in [0.4, 0.5) is 5.95 Å². The Morgan fingerprint density at radius 3 is 2.55 bits per heavy atom. The van der Waals surface area contributed by atoms with Gasteiger partial charge in [0, 0.05) is 17.8 Å². The molecule has 0 atom stereocenters. The molecule has 0 saturated heterocycles. The number of imidazole rings is 1. The lowest BCUT2D eigenvalue weighted by Crippen LogP contribution is -2.14. The Bertz CT molecular complexity index is 804. The molecule has 0 saturated carbocycles. The number of hydrogen-bond acceptors (Lipinski definition) is 4. The van der Waals surface area contributed by atoms with Gasteiger partial charge in [-0.2, -0.15) is 0 Å². The lowest BCUT2D eigenvalue weighted by molar-refractivity contribution is 0.102. The summed E-state index contributed by atoms with van der Waals surface area (Å²) in [6, 6.07) is 10.7. The molecule has 0 fully saturated rings. The number of hydrogen-bond donors (Lipinski definition) is 1. The van der Waals surface area contributed by atoms with Gasteiger partial charge in [-0.05, 0) is 24.3 Å². The Kier molecular flexibility index (Phi) is 3.65. The number of benzene rings is 1. The number of fused-ring (bicyclic) bond motifs is 1. The van der Waals surface area contributed by atoms with Crippen molar-refractivity contribution in [1.29, 1.82) is 0 Å². The van der Waals surface area contributed by atoms with Crippen LogP contribution in [0.15, 0.2) is 48.8 Å². The third kappa shape index (κ3) is 2.58. The fourth-order valence-corrected chi connectivity index (χ4v) is 2.15. The predicted octanol–water partition coefficient (Wildman–Crippen LogP) is 2.60. The van der Waals surface area contributed by atoms with E-state index in [4.69, 9.17) is 9.47 Å². The van der Waals surface area contributed by atoms with Crippen LogP contribution >= 0.6 is 0 Å². The Morgan fingerprint density at radius 2 is 1.86 bits per heavy atom. The number of pyridine rings is 1. The summed E-state index contributed by atoms with van der Waals surface area (Å²) in [7, 11) is 3.08. The van der Waals surface area contributed by atoms with Crippen molar-refractivity contribution in [2.24, 2.45) is 0 Å². The summed E-state index contributed by atoms with van der Waals surface area (Å²) in [5, 5.41) is 2.79. The summed E-state index contributed by atoms with van der Waals surface area (Å²) in [4.78, 5) is 16.6. The number of nitrogens with one attached hydrogen (secondary N) is 1. The smallest absolute Gasteiger partial charge is 0.258 e. The normalized spacial score (nSPS) is 10.5. The molecule has 1 amide bonds. The number of amides is 1. The second-order valence-electron chi connectivity index (χ2n) is 4.63. The number of carbonyl (C=O) groups is 1. The van der Waals surface area contributed by atoms with E-state index in [-0.39, 0.29) is 5.91 Å². The lowest BCUT2D eigenvalue weighted by Gasteiger charge is -2.08. The number of ether oxygens (including phenoxy) is 2. The van der Waals surface area contributed by atoms with E-state index in [9.17, 15) is 4.79 Å². The van der Waals surface area contributed by atoms with Crippen LogP contribution in [0.2, 0.25) is 0 Å². The first-order valence-electron chi connectivity index (χ1n) is 6.68. The average molecular weight is 297 g/mol. The third-order valence-electron chi connectivity index (χ3n) is 3.28. The molecule has 112 valence electrons. The first-order chi connectivity index (χ1) is 10.7. The highest BCUT2D eigenvalue weighted by molar-refractivity contribution is 6.04. The minimum absolute atomic E-state index is 0.284. The molecular weight excluding hydrogens is 282 g/mol. The van der Waals surface area contributed by atoms with Crippen LogP contribution in [-0.2, 0) is 0 Å². The second kappa shape index (κ2) is 5.77. The van der Waals surface area contributed by atoms with Crippen molar-refractivity contribution in [2.75, 3.05) is 19.5 Å². The van der Waals surface area contributed by atoms with Crippen molar-refractivity contribution in [1.82, 2.24) is 9.38 Å². The van der Waals surface area contributed by atoms with Crippen LogP contribution in [0.1, 0.15) is 10.4 Å².